The Kier molecular flexibility index (Phi) is 6.36. The molecule has 0 aliphatic rings. The van der Waals surface area contributed by atoms with Gasteiger partial charge in [0.25, 0.3) is 0 Å². The van der Waals surface area contributed by atoms with Gasteiger partial charge in [-0.15, -0.1) is 0 Å². The molecule has 0 aromatic carbocycles. The van der Waals surface area contributed by atoms with Gasteiger partial charge in [0, 0.05) is 25.6 Å². The minimum Gasteiger partial charge on any atom is -0.444 e. The van der Waals surface area contributed by atoms with Crippen molar-refractivity contribution in [2.75, 3.05) is 33.8 Å². The second-order valence-electron chi connectivity index (χ2n) is 5.19. The molecule has 16 heavy (non-hydrogen) atoms. The van der Waals surface area contributed by atoms with E-state index in [-0.39, 0.29) is 12.5 Å². The highest BCUT2D eigenvalue weighted by molar-refractivity contribution is 5.67. The predicted molar refractivity (Wildman–Crippen MR) is 63.4 cm³/mol. The molecular weight excluding hydrogens is 208 g/mol. The molecule has 1 amide bonds. The molecule has 0 aliphatic heterocycles. The zero-order valence-electron chi connectivity index (χ0n) is 10.9. The first-order chi connectivity index (χ1) is 7.24. The van der Waals surface area contributed by atoms with Crippen molar-refractivity contribution in [3.8, 4) is 0 Å². The normalized spacial score (nSPS) is 13.7. The molecule has 2 N–H and O–H groups in total. The number of amides is 1. The molecule has 0 rings (SSSR count). The smallest absolute Gasteiger partial charge is 0.407 e. The molecule has 0 heterocycles. The van der Waals surface area contributed by atoms with Gasteiger partial charge in [0.2, 0.25) is 0 Å². The van der Waals surface area contributed by atoms with Crippen LogP contribution in [0.1, 0.15) is 20.8 Å². The average molecular weight is 232 g/mol. The summed E-state index contributed by atoms with van der Waals surface area (Å²) < 4.78 is 5.09. The standard InChI is InChI=1S/C11H24N2O3/c1-11(2,3)16-10(15)12-6-9(8-14)7-13(4)5/h9,14H,6-8H2,1-5H3,(H,12,15). The molecule has 1 atom stereocenters. The number of ether oxygens (including phenoxy) is 1. The van der Waals surface area contributed by atoms with Gasteiger partial charge in [0.1, 0.15) is 5.60 Å². The lowest BCUT2D eigenvalue weighted by atomic mass is 10.1. The molecule has 0 radical (unpaired) electrons. The Labute approximate surface area is 97.8 Å². The van der Waals surface area contributed by atoms with Crippen molar-refractivity contribution in [1.82, 2.24) is 10.2 Å². The van der Waals surface area contributed by atoms with Crippen LogP contribution in [-0.4, -0.2) is 55.5 Å². The van der Waals surface area contributed by atoms with E-state index >= 15 is 0 Å². The number of aliphatic hydroxyl groups is 1. The maximum atomic E-state index is 11.3. The number of carbonyl (C=O) groups is 1. The van der Waals surface area contributed by atoms with E-state index in [1.54, 1.807) is 0 Å². The minimum absolute atomic E-state index is 0.0301. The van der Waals surface area contributed by atoms with Gasteiger partial charge in [-0.2, -0.15) is 0 Å². The fourth-order valence-corrected chi connectivity index (χ4v) is 1.25. The lowest BCUT2D eigenvalue weighted by molar-refractivity contribution is 0.0508. The highest BCUT2D eigenvalue weighted by Gasteiger charge is 2.17. The summed E-state index contributed by atoms with van der Waals surface area (Å²) >= 11 is 0. The number of hydrogen-bond donors (Lipinski definition) is 2. The van der Waals surface area contributed by atoms with Gasteiger partial charge < -0.3 is 20.1 Å². The molecule has 0 aliphatic carbocycles. The maximum absolute atomic E-state index is 11.3. The van der Waals surface area contributed by atoms with Gasteiger partial charge in [0.15, 0.2) is 0 Å². The van der Waals surface area contributed by atoms with Crippen LogP contribution in [-0.2, 0) is 4.74 Å². The minimum atomic E-state index is -0.486. The van der Waals surface area contributed by atoms with E-state index in [1.807, 2.05) is 39.8 Å². The lowest BCUT2D eigenvalue weighted by Gasteiger charge is -2.22. The third-order valence-corrected chi connectivity index (χ3v) is 1.82. The molecule has 0 bridgehead atoms. The fourth-order valence-electron chi connectivity index (χ4n) is 1.25. The van der Waals surface area contributed by atoms with Crippen LogP contribution in [0.25, 0.3) is 0 Å². The zero-order valence-corrected chi connectivity index (χ0v) is 10.9. The highest BCUT2D eigenvalue weighted by Crippen LogP contribution is 2.06. The Morgan fingerprint density at radius 3 is 2.38 bits per heavy atom. The Hall–Kier alpha value is -0.810. The van der Waals surface area contributed by atoms with E-state index in [0.29, 0.717) is 6.54 Å². The summed E-state index contributed by atoms with van der Waals surface area (Å²) in [5, 5.41) is 11.7. The van der Waals surface area contributed by atoms with Gasteiger partial charge in [-0.05, 0) is 34.9 Å². The zero-order chi connectivity index (χ0) is 12.8. The second-order valence-corrected chi connectivity index (χ2v) is 5.19. The lowest BCUT2D eigenvalue weighted by Crippen LogP contribution is -2.38. The SMILES string of the molecule is CN(C)CC(CO)CNC(=O)OC(C)(C)C. The number of nitrogens with one attached hydrogen (secondary N) is 1. The van der Waals surface area contributed by atoms with E-state index < -0.39 is 11.7 Å². The molecule has 0 fully saturated rings. The van der Waals surface area contributed by atoms with Crippen molar-refractivity contribution >= 4 is 6.09 Å². The molecule has 0 aromatic heterocycles. The molecule has 0 spiro atoms. The Balaban J connectivity index is 3.88. The number of carbonyl (C=O) groups excluding carboxylic acids is 1. The average Bonchev–Trinajstić information content (AvgIpc) is 2.08. The molecule has 1 unspecified atom stereocenters. The van der Waals surface area contributed by atoms with Crippen molar-refractivity contribution in [3.63, 3.8) is 0 Å². The number of aliphatic hydroxyl groups excluding tert-OH is 1. The van der Waals surface area contributed by atoms with Crippen LogP contribution in [0, 0.1) is 5.92 Å². The third kappa shape index (κ3) is 8.49. The number of alkyl carbamates (subject to hydrolysis) is 1. The summed E-state index contributed by atoms with van der Waals surface area (Å²) in [6.07, 6.45) is -0.440. The largest absolute Gasteiger partial charge is 0.444 e. The van der Waals surface area contributed by atoms with E-state index in [9.17, 15) is 4.79 Å². The van der Waals surface area contributed by atoms with Crippen LogP contribution < -0.4 is 5.32 Å². The molecule has 0 saturated heterocycles. The molecular formula is C11H24N2O3. The molecule has 0 aromatic rings. The first-order valence-electron chi connectivity index (χ1n) is 5.47. The van der Waals surface area contributed by atoms with Crippen LogP contribution in [0.15, 0.2) is 0 Å². The Morgan fingerprint density at radius 1 is 1.44 bits per heavy atom. The summed E-state index contributed by atoms with van der Waals surface area (Å²) in [4.78, 5) is 13.3. The van der Waals surface area contributed by atoms with Crippen molar-refractivity contribution in [2.45, 2.75) is 26.4 Å². The summed E-state index contributed by atoms with van der Waals surface area (Å²) in [6.45, 7) is 6.64. The molecule has 0 saturated carbocycles. The van der Waals surface area contributed by atoms with Crippen molar-refractivity contribution in [3.05, 3.63) is 0 Å². The monoisotopic (exact) mass is 232 g/mol. The maximum Gasteiger partial charge on any atom is 0.407 e. The van der Waals surface area contributed by atoms with Crippen LogP contribution in [0.3, 0.4) is 0 Å². The van der Waals surface area contributed by atoms with E-state index in [2.05, 4.69) is 5.32 Å². The van der Waals surface area contributed by atoms with E-state index in [4.69, 9.17) is 9.84 Å². The fraction of sp³-hybridized carbons (Fsp3) is 0.909. The van der Waals surface area contributed by atoms with E-state index in [1.165, 1.54) is 0 Å². The Bertz CT molecular complexity index is 212. The van der Waals surface area contributed by atoms with Gasteiger partial charge in [-0.25, -0.2) is 4.79 Å². The number of rotatable bonds is 5. The van der Waals surface area contributed by atoms with Gasteiger partial charge >= 0.3 is 6.09 Å². The molecule has 5 heteroatoms. The predicted octanol–water partition coefficient (Wildman–Crippen LogP) is 0.681. The Morgan fingerprint density at radius 2 is 2.00 bits per heavy atom. The van der Waals surface area contributed by atoms with Gasteiger partial charge in [-0.3, -0.25) is 0 Å². The van der Waals surface area contributed by atoms with Crippen LogP contribution in [0.2, 0.25) is 0 Å². The van der Waals surface area contributed by atoms with Crippen LogP contribution in [0.4, 0.5) is 4.79 Å². The number of nitrogens with zero attached hydrogens (tertiary/aromatic N) is 1. The van der Waals surface area contributed by atoms with Crippen LogP contribution in [0.5, 0.6) is 0 Å². The highest BCUT2D eigenvalue weighted by atomic mass is 16.6. The van der Waals surface area contributed by atoms with Gasteiger partial charge in [-0.1, -0.05) is 0 Å². The summed E-state index contributed by atoms with van der Waals surface area (Å²) in [7, 11) is 3.85. The summed E-state index contributed by atoms with van der Waals surface area (Å²) in [5.74, 6) is 0.0301. The second kappa shape index (κ2) is 6.70. The first kappa shape index (κ1) is 15.2. The van der Waals surface area contributed by atoms with Crippen molar-refractivity contribution < 1.29 is 14.6 Å². The summed E-state index contributed by atoms with van der Waals surface area (Å²) in [6, 6.07) is 0. The van der Waals surface area contributed by atoms with Gasteiger partial charge in [0.05, 0.1) is 0 Å². The van der Waals surface area contributed by atoms with Crippen LogP contribution >= 0.6 is 0 Å². The number of hydrogen-bond acceptors (Lipinski definition) is 4. The quantitative estimate of drug-likeness (QED) is 0.732. The first-order valence-corrected chi connectivity index (χ1v) is 5.47. The topological polar surface area (TPSA) is 61.8 Å². The third-order valence-electron chi connectivity index (χ3n) is 1.82. The molecule has 5 nitrogen and oxygen atoms in total. The van der Waals surface area contributed by atoms with E-state index in [0.717, 1.165) is 6.54 Å². The molecule has 96 valence electrons. The summed E-state index contributed by atoms with van der Waals surface area (Å²) in [5.41, 5.74) is -0.486. The van der Waals surface area contributed by atoms with Crippen molar-refractivity contribution in [1.29, 1.82) is 0 Å². The van der Waals surface area contributed by atoms with Crippen molar-refractivity contribution in [2.24, 2.45) is 5.92 Å².